The Bertz CT molecular complexity index is 570. The molecule has 100 valence electrons. The Balaban J connectivity index is 2.34. The summed E-state index contributed by atoms with van der Waals surface area (Å²) in [6.07, 6.45) is 0.369. The minimum absolute atomic E-state index is 0.143. The summed E-state index contributed by atoms with van der Waals surface area (Å²) in [6.45, 7) is 1.98. The van der Waals surface area contributed by atoms with E-state index in [4.69, 9.17) is 16.9 Å². The summed E-state index contributed by atoms with van der Waals surface area (Å²) in [5.74, 6) is -0.426. The van der Waals surface area contributed by atoms with Crippen molar-refractivity contribution < 1.29 is 9.18 Å². The summed E-state index contributed by atoms with van der Waals surface area (Å²) in [5, 5.41) is 14.6. The molecule has 1 aliphatic heterocycles. The number of fused-ring (bicyclic) bond motifs is 1. The largest absolute Gasteiger partial charge is 0.365 e. The molecule has 19 heavy (non-hydrogen) atoms. The molecular formula is C13H13ClFN3O. The van der Waals surface area contributed by atoms with Crippen LogP contribution in [-0.2, 0) is 6.54 Å². The first-order chi connectivity index (χ1) is 8.99. The molecule has 4 nitrogen and oxygen atoms in total. The molecule has 1 aromatic carbocycles. The lowest BCUT2D eigenvalue weighted by molar-refractivity contribution is 0.0966. The van der Waals surface area contributed by atoms with Crippen molar-refractivity contribution in [2.24, 2.45) is 0 Å². The predicted molar refractivity (Wildman–Crippen MR) is 70.5 cm³/mol. The molecule has 1 aromatic rings. The number of alkyl halides is 1. The second-order valence-corrected chi connectivity index (χ2v) is 5.06. The van der Waals surface area contributed by atoms with Crippen LogP contribution in [0.4, 0.5) is 10.1 Å². The summed E-state index contributed by atoms with van der Waals surface area (Å²) in [5.41, 5.74) is 0.246. The maximum absolute atomic E-state index is 13.9. The number of hydrogen-bond acceptors (Lipinski definition) is 3. The molecule has 0 spiro atoms. The van der Waals surface area contributed by atoms with Crippen molar-refractivity contribution >= 4 is 23.2 Å². The van der Waals surface area contributed by atoms with Crippen LogP contribution in [0.1, 0.15) is 29.3 Å². The molecule has 0 aliphatic carbocycles. The number of amides is 1. The molecule has 0 aromatic heterocycles. The van der Waals surface area contributed by atoms with Crippen LogP contribution in [0.25, 0.3) is 0 Å². The number of rotatable bonds is 4. The third-order valence-corrected chi connectivity index (χ3v) is 3.32. The molecule has 2 N–H and O–H groups in total. The van der Waals surface area contributed by atoms with Gasteiger partial charge in [-0.3, -0.25) is 4.79 Å². The van der Waals surface area contributed by atoms with Gasteiger partial charge in [-0.1, -0.05) is 0 Å². The van der Waals surface area contributed by atoms with Gasteiger partial charge in [0.25, 0.3) is 5.91 Å². The Hall–Kier alpha value is -1.80. The van der Waals surface area contributed by atoms with Crippen molar-refractivity contribution in [3.63, 3.8) is 0 Å². The molecule has 1 heterocycles. The van der Waals surface area contributed by atoms with Crippen LogP contribution in [0.15, 0.2) is 12.1 Å². The molecule has 1 aliphatic rings. The summed E-state index contributed by atoms with van der Waals surface area (Å²) in [7, 11) is 0. The van der Waals surface area contributed by atoms with Gasteiger partial charge < -0.3 is 10.6 Å². The van der Waals surface area contributed by atoms with Gasteiger partial charge in [-0.05, 0) is 31.0 Å². The second-order valence-electron chi connectivity index (χ2n) is 4.68. The van der Waals surface area contributed by atoms with Crippen molar-refractivity contribution in [3.8, 4) is 6.07 Å². The highest BCUT2D eigenvalue weighted by atomic mass is 35.5. The van der Waals surface area contributed by atoms with E-state index in [2.05, 4.69) is 16.7 Å². The minimum Gasteiger partial charge on any atom is -0.365 e. The summed E-state index contributed by atoms with van der Waals surface area (Å²) in [4.78, 5) is 11.5. The number of benzene rings is 1. The molecule has 1 unspecified atom stereocenters. The fraction of sp³-hybridized carbons (Fsp3) is 0.385. The zero-order chi connectivity index (χ0) is 14.0. The number of nitriles is 1. The Morgan fingerprint density at radius 1 is 1.63 bits per heavy atom. The van der Waals surface area contributed by atoms with Gasteiger partial charge in [-0.15, -0.1) is 11.6 Å². The SMILES string of the molecule is CC(C#N)(CCCl)Nc1cc2c(cc1F)CNC2=O. The van der Waals surface area contributed by atoms with E-state index in [1.165, 1.54) is 12.1 Å². The van der Waals surface area contributed by atoms with E-state index in [-0.39, 0.29) is 17.5 Å². The molecule has 1 atom stereocenters. The third kappa shape index (κ3) is 2.64. The molecule has 0 saturated carbocycles. The van der Waals surface area contributed by atoms with Crippen LogP contribution in [0, 0.1) is 17.1 Å². The van der Waals surface area contributed by atoms with E-state index in [1.807, 2.05) is 0 Å². The maximum atomic E-state index is 13.9. The number of nitrogens with zero attached hydrogens (tertiary/aromatic N) is 1. The van der Waals surface area contributed by atoms with Crippen molar-refractivity contribution in [1.29, 1.82) is 5.26 Å². The lowest BCUT2D eigenvalue weighted by Gasteiger charge is -2.24. The van der Waals surface area contributed by atoms with Gasteiger partial charge in [0.05, 0.1) is 11.8 Å². The number of nitrogens with one attached hydrogen (secondary N) is 2. The van der Waals surface area contributed by atoms with Crippen LogP contribution < -0.4 is 10.6 Å². The number of halogens is 2. The first-order valence-corrected chi connectivity index (χ1v) is 6.38. The zero-order valence-electron chi connectivity index (χ0n) is 10.4. The first-order valence-electron chi connectivity index (χ1n) is 5.85. The molecule has 1 amide bonds. The topological polar surface area (TPSA) is 64.9 Å². The molecule has 0 fully saturated rings. The predicted octanol–water partition coefficient (Wildman–Crippen LogP) is 2.39. The van der Waals surface area contributed by atoms with Crippen LogP contribution in [-0.4, -0.2) is 17.3 Å². The lowest BCUT2D eigenvalue weighted by atomic mass is 9.99. The van der Waals surface area contributed by atoms with Crippen molar-refractivity contribution in [2.75, 3.05) is 11.2 Å². The van der Waals surface area contributed by atoms with Crippen molar-refractivity contribution in [2.45, 2.75) is 25.4 Å². The number of carbonyl (C=O) groups is 1. The van der Waals surface area contributed by atoms with Crippen LogP contribution in [0.5, 0.6) is 0 Å². The standard InChI is InChI=1S/C13H13ClFN3O/c1-13(7-16,2-3-14)18-11-5-9-8(4-10(11)15)6-17-12(9)19/h4-5,18H,2-3,6H2,1H3,(H,17,19). The lowest BCUT2D eigenvalue weighted by Crippen LogP contribution is -2.33. The zero-order valence-corrected chi connectivity index (χ0v) is 11.1. The van der Waals surface area contributed by atoms with E-state index in [0.717, 1.165) is 0 Å². The maximum Gasteiger partial charge on any atom is 0.251 e. The Morgan fingerprint density at radius 2 is 2.37 bits per heavy atom. The molecule has 0 bridgehead atoms. The van der Waals surface area contributed by atoms with Crippen molar-refractivity contribution in [1.82, 2.24) is 5.32 Å². The molecule has 6 heteroatoms. The summed E-state index contributed by atoms with van der Waals surface area (Å²) < 4.78 is 13.9. The number of anilines is 1. The molecule has 0 radical (unpaired) electrons. The molecule has 0 saturated heterocycles. The summed E-state index contributed by atoms with van der Waals surface area (Å²) in [6, 6.07) is 4.83. The highest BCUT2D eigenvalue weighted by Crippen LogP contribution is 2.27. The molecule has 2 rings (SSSR count). The number of hydrogen-bond donors (Lipinski definition) is 2. The van der Waals surface area contributed by atoms with Crippen LogP contribution in [0.3, 0.4) is 0 Å². The van der Waals surface area contributed by atoms with E-state index >= 15 is 0 Å². The third-order valence-electron chi connectivity index (χ3n) is 3.13. The van der Waals surface area contributed by atoms with Gasteiger partial charge in [0, 0.05) is 18.0 Å². The quantitative estimate of drug-likeness (QED) is 0.833. The fourth-order valence-electron chi connectivity index (χ4n) is 1.97. The average Bonchev–Trinajstić information content (AvgIpc) is 2.72. The Labute approximate surface area is 115 Å². The van der Waals surface area contributed by atoms with E-state index in [0.29, 0.717) is 24.1 Å². The van der Waals surface area contributed by atoms with Gasteiger partial charge in [-0.25, -0.2) is 4.39 Å². The van der Waals surface area contributed by atoms with Crippen LogP contribution in [0.2, 0.25) is 0 Å². The molecular weight excluding hydrogens is 269 g/mol. The number of carbonyl (C=O) groups excluding carboxylic acids is 1. The highest BCUT2D eigenvalue weighted by molar-refractivity contribution is 6.17. The highest BCUT2D eigenvalue weighted by Gasteiger charge is 2.27. The smallest absolute Gasteiger partial charge is 0.251 e. The minimum atomic E-state index is -0.966. The first kappa shape index (κ1) is 13.6. The monoisotopic (exact) mass is 281 g/mol. The average molecular weight is 282 g/mol. The van der Waals surface area contributed by atoms with Crippen LogP contribution >= 0.6 is 11.6 Å². The van der Waals surface area contributed by atoms with Crippen molar-refractivity contribution in [3.05, 3.63) is 29.1 Å². The Kier molecular flexibility index (Phi) is 3.63. The van der Waals surface area contributed by atoms with E-state index in [1.54, 1.807) is 6.92 Å². The van der Waals surface area contributed by atoms with Gasteiger partial charge in [0.15, 0.2) is 0 Å². The van der Waals surface area contributed by atoms with Gasteiger partial charge in [-0.2, -0.15) is 5.26 Å². The van der Waals surface area contributed by atoms with Gasteiger partial charge >= 0.3 is 0 Å². The van der Waals surface area contributed by atoms with E-state index in [9.17, 15) is 9.18 Å². The van der Waals surface area contributed by atoms with Gasteiger partial charge in [0.1, 0.15) is 11.4 Å². The van der Waals surface area contributed by atoms with E-state index < -0.39 is 11.4 Å². The second kappa shape index (κ2) is 5.06. The normalized spacial score (nSPS) is 16.2. The fourth-order valence-corrected chi connectivity index (χ4v) is 2.35. The summed E-state index contributed by atoms with van der Waals surface area (Å²) >= 11 is 5.64. The van der Waals surface area contributed by atoms with Gasteiger partial charge in [0.2, 0.25) is 0 Å². The Morgan fingerprint density at radius 3 is 3.00 bits per heavy atom.